The molecule has 10 heteroatoms. The second-order valence-corrected chi connectivity index (χ2v) is 7.92. The maximum Gasteiger partial charge on any atom is 0.416 e. The summed E-state index contributed by atoms with van der Waals surface area (Å²) in [7, 11) is 1.37. The van der Waals surface area contributed by atoms with Gasteiger partial charge in [0.1, 0.15) is 0 Å². The van der Waals surface area contributed by atoms with Gasteiger partial charge in [0.05, 0.1) is 43.8 Å². The van der Waals surface area contributed by atoms with Gasteiger partial charge < -0.3 is 19.7 Å². The minimum Gasteiger partial charge on any atom is -0.493 e. The van der Waals surface area contributed by atoms with Gasteiger partial charge in [0.25, 0.3) is 5.91 Å². The number of hydrogen-bond acceptors (Lipinski definition) is 5. The number of rotatable bonds is 6. The fraction of sp³-hybridized carbons (Fsp3) is 0.333. The molecule has 0 saturated carbocycles. The van der Waals surface area contributed by atoms with E-state index in [-0.39, 0.29) is 23.2 Å². The first-order chi connectivity index (χ1) is 16.3. The molecule has 3 aromatic rings. The number of anilines is 1. The number of morpholine rings is 1. The van der Waals surface area contributed by atoms with Crippen molar-refractivity contribution in [2.75, 3.05) is 38.3 Å². The molecule has 1 atom stereocenters. The summed E-state index contributed by atoms with van der Waals surface area (Å²) < 4.78 is 51.0. The number of ether oxygens (including phenoxy) is 2. The third-order valence-corrected chi connectivity index (χ3v) is 5.67. The Morgan fingerprint density at radius 1 is 1.12 bits per heavy atom. The van der Waals surface area contributed by atoms with Gasteiger partial charge >= 0.3 is 6.18 Å². The van der Waals surface area contributed by atoms with E-state index in [0.29, 0.717) is 13.2 Å². The number of halogens is 3. The Kier molecular flexibility index (Phi) is 6.78. The van der Waals surface area contributed by atoms with Gasteiger partial charge in [-0.05, 0) is 42.8 Å². The highest BCUT2D eigenvalue weighted by atomic mass is 19.4. The predicted molar refractivity (Wildman–Crippen MR) is 120 cm³/mol. The van der Waals surface area contributed by atoms with E-state index in [1.54, 1.807) is 0 Å². The second-order valence-electron chi connectivity index (χ2n) is 7.92. The summed E-state index contributed by atoms with van der Waals surface area (Å²) in [5.41, 5.74) is 1.34. The first kappa shape index (κ1) is 23.6. The summed E-state index contributed by atoms with van der Waals surface area (Å²) in [5.74, 6) is -0.336. The predicted octanol–water partition coefficient (Wildman–Crippen LogP) is 4.23. The molecule has 1 aliphatic heterocycles. The Hall–Kier alpha value is -3.53. The van der Waals surface area contributed by atoms with Crippen LogP contribution in [0.5, 0.6) is 5.75 Å². The molecule has 4 rings (SSSR count). The number of hydrogen-bond donors (Lipinski definition) is 1. The fourth-order valence-electron chi connectivity index (χ4n) is 3.77. The van der Waals surface area contributed by atoms with Gasteiger partial charge in [-0.25, -0.2) is 4.68 Å². The lowest BCUT2D eigenvalue weighted by Crippen LogP contribution is -2.36. The molecule has 1 N–H and O–H groups in total. The number of carbonyl (C=O) groups is 1. The Balaban J connectivity index is 1.49. The zero-order chi connectivity index (χ0) is 24.3. The van der Waals surface area contributed by atoms with Crippen molar-refractivity contribution in [1.29, 1.82) is 0 Å². The highest BCUT2D eigenvalue weighted by Gasteiger charge is 2.31. The van der Waals surface area contributed by atoms with Gasteiger partial charge in [0, 0.05) is 18.8 Å². The number of benzene rings is 2. The quantitative estimate of drug-likeness (QED) is 0.579. The zero-order valence-electron chi connectivity index (χ0n) is 18.8. The van der Waals surface area contributed by atoms with Crippen molar-refractivity contribution in [2.24, 2.45) is 0 Å². The lowest BCUT2D eigenvalue weighted by Gasteiger charge is -2.29. The molecular formula is C24H25F3N4O3. The van der Waals surface area contributed by atoms with Crippen molar-refractivity contribution >= 4 is 11.6 Å². The van der Waals surface area contributed by atoms with Crippen LogP contribution in [0.2, 0.25) is 0 Å². The number of carbonyl (C=O) groups excluding carboxylic acids is 1. The molecule has 1 amide bonds. The summed E-state index contributed by atoms with van der Waals surface area (Å²) in [6.45, 7) is 4.91. The maximum atomic E-state index is 13.1. The highest BCUT2D eigenvalue weighted by molar-refractivity contribution is 5.95. The molecular weight excluding hydrogens is 449 g/mol. The van der Waals surface area contributed by atoms with Crippen molar-refractivity contribution in [3.63, 3.8) is 0 Å². The molecule has 0 radical (unpaired) electrons. The van der Waals surface area contributed by atoms with Gasteiger partial charge in [-0.1, -0.05) is 18.2 Å². The van der Waals surface area contributed by atoms with Gasteiger partial charge in [-0.3, -0.25) is 4.79 Å². The lowest BCUT2D eigenvalue weighted by atomic mass is 10.1. The molecule has 2 heterocycles. The molecule has 0 spiro atoms. The van der Waals surface area contributed by atoms with Crippen LogP contribution in [0.25, 0.3) is 5.69 Å². The van der Waals surface area contributed by atoms with E-state index >= 15 is 0 Å². The maximum absolute atomic E-state index is 13.1. The van der Waals surface area contributed by atoms with Crippen LogP contribution in [0.4, 0.5) is 18.9 Å². The van der Waals surface area contributed by atoms with Crippen molar-refractivity contribution in [1.82, 2.24) is 15.1 Å². The Morgan fingerprint density at radius 2 is 1.82 bits per heavy atom. The average Bonchev–Trinajstić information content (AvgIpc) is 3.29. The van der Waals surface area contributed by atoms with Gasteiger partial charge in [-0.2, -0.15) is 18.3 Å². The summed E-state index contributed by atoms with van der Waals surface area (Å²) in [4.78, 5) is 15.2. The molecule has 1 saturated heterocycles. The number of alkyl halides is 3. The number of methoxy groups -OCH3 is 1. The van der Waals surface area contributed by atoms with Gasteiger partial charge in [0.15, 0.2) is 11.4 Å². The van der Waals surface area contributed by atoms with E-state index in [1.807, 2.05) is 31.2 Å². The molecule has 34 heavy (non-hydrogen) atoms. The number of nitrogens with zero attached hydrogens (tertiary/aromatic N) is 3. The zero-order valence-corrected chi connectivity index (χ0v) is 18.8. The molecule has 2 aromatic carbocycles. The monoisotopic (exact) mass is 474 g/mol. The molecule has 1 fully saturated rings. The number of aromatic nitrogens is 2. The van der Waals surface area contributed by atoms with Crippen LogP contribution in [0.15, 0.2) is 54.7 Å². The van der Waals surface area contributed by atoms with Crippen LogP contribution < -0.4 is 15.0 Å². The van der Waals surface area contributed by atoms with Crippen LogP contribution in [0.1, 0.15) is 34.6 Å². The van der Waals surface area contributed by atoms with Gasteiger partial charge in [0.2, 0.25) is 0 Å². The third kappa shape index (κ3) is 5.17. The lowest BCUT2D eigenvalue weighted by molar-refractivity contribution is -0.137. The van der Waals surface area contributed by atoms with Crippen molar-refractivity contribution in [3.8, 4) is 11.4 Å². The van der Waals surface area contributed by atoms with E-state index in [1.165, 1.54) is 30.1 Å². The molecule has 1 unspecified atom stereocenters. The van der Waals surface area contributed by atoms with Crippen LogP contribution in [-0.2, 0) is 10.9 Å². The molecule has 0 bridgehead atoms. The minimum atomic E-state index is -4.49. The molecule has 7 nitrogen and oxygen atoms in total. The van der Waals surface area contributed by atoms with Gasteiger partial charge in [-0.15, -0.1) is 0 Å². The summed E-state index contributed by atoms with van der Waals surface area (Å²) in [6, 6.07) is 12.3. The van der Waals surface area contributed by atoms with Crippen LogP contribution in [0, 0.1) is 0 Å². The number of nitrogens with one attached hydrogen (secondary N) is 1. The van der Waals surface area contributed by atoms with E-state index in [2.05, 4.69) is 15.3 Å². The normalized spacial score (nSPS) is 15.1. The Labute approximate surface area is 195 Å². The topological polar surface area (TPSA) is 68.6 Å². The minimum absolute atomic E-state index is 0.0169. The van der Waals surface area contributed by atoms with Crippen molar-refractivity contribution in [3.05, 3.63) is 71.5 Å². The average molecular weight is 474 g/mol. The standard InChI is InChI=1S/C24H25F3N4O3/c1-16(17-6-8-19(9-7-17)30-10-12-34-13-11-30)28-23(32)22-21(33-2)15-31(29-22)20-5-3-4-18(14-20)24(25,26)27/h3-9,14-16H,10-13H2,1-2H3,(H,28,32). The summed E-state index contributed by atoms with van der Waals surface area (Å²) in [5, 5.41) is 7.07. The van der Waals surface area contributed by atoms with Crippen molar-refractivity contribution < 1.29 is 27.4 Å². The highest BCUT2D eigenvalue weighted by Crippen LogP contribution is 2.31. The first-order valence-corrected chi connectivity index (χ1v) is 10.8. The fourth-order valence-corrected chi connectivity index (χ4v) is 3.77. The van der Waals surface area contributed by atoms with E-state index in [0.717, 1.165) is 36.5 Å². The molecule has 0 aliphatic carbocycles. The van der Waals surface area contributed by atoms with Crippen LogP contribution in [-0.4, -0.2) is 49.1 Å². The molecule has 1 aliphatic rings. The number of amides is 1. The Bertz CT molecular complexity index is 1140. The molecule has 180 valence electrons. The first-order valence-electron chi connectivity index (χ1n) is 10.8. The van der Waals surface area contributed by atoms with E-state index in [4.69, 9.17) is 9.47 Å². The second kappa shape index (κ2) is 9.76. The Morgan fingerprint density at radius 3 is 2.47 bits per heavy atom. The summed E-state index contributed by atoms with van der Waals surface area (Å²) in [6.07, 6.45) is -3.10. The largest absolute Gasteiger partial charge is 0.493 e. The smallest absolute Gasteiger partial charge is 0.416 e. The van der Waals surface area contributed by atoms with Crippen molar-refractivity contribution in [2.45, 2.75) is 19.1 Å². The molecule has 1 aromatic heterocycles. The van der Waals surface area contributed by atoms with Crippen LogP contribution >= 0.6 is 0 Å². The SMILES string of the molecule is COc1cn(-c2cccc(C(F)(F)F)c2)nc1C(=O)NC(C)c1ccc(N2CCOCC2)cc1. The summed E-state index contributed by atoms with van der Waals surface area (Å²) >= 11 is 0. The van der Waals surface area contributed by atoms with E-state index < -0.39 is 17.6 Å². The third-order valence-electron chi connectivity index (χ3n) is 5.67. The van der Waals surface area contributed by atoms with Crippen LogP contribution in [0.3, 0.4) is 0 Å². The van der Waals surface area contributed by atoms with E-state index in [9.17, 15) is 18.0 Å².